The Morgan fingerprint density at radius 1 is 1.33 bits per heavy atom. The number of aromatic nitrogens is 1. The molecule has 3 rings (SSSR count). The molecule has 0 aliphatic heterocycles. The van der Waals surface area contributed by atoms with Crippen LogP contribution in [0.5, 0.6) is 0 Å². The van der Waals surface area contributed by atoms with Gasteiger partial charge in [-0.3, -0.25) is 4.72 Å². The summed E-state index contributed by atoms with van der Waals surface area (Å²) in [4.78, 5) is 0.193. The van der Waals surface area contributed by atoms with Gasteiger partial charge in [-0.25, -0.2) is 8.42 Å². The van der Waals surface area contributed by atoms with Crippen LogP contribution in [0.2, 0.25) is 0 Å². The molecule has 0 radical (unpaired) electrons. The van der Waals surface area contributed by atoms with Crippen LogP contribution in [0, 0.1) is 3.57 Å². The predicted molar refractivity (Wildman–Crippen MR) is 88.6 cm³/mol. The smallest absolute Gasteiger partial charge is 0.263 e. The number of rotatable bonds is 5. The van der Waals surface area contributed by atoms with Crippen molar-refractivity contribution in [2.24, 2.45) is 0 Å². The number of benzene rings is 1. The molecule has 0 atom stereocenters. The highest BCUT2D eigenvalue weighted by Gasteiger charge is 2.28. The van der Waals surface area contributed by atoms with Crippen LogP contribution in [0.4, 0.5) is 5.69 Å². The van der Waals surface area contributed by atoms with Crippen LogP contribution >= 0.6 is 22.6 Å². The standard InChI is InChI=1S/C14H15IN2O3S/c15-13-3-1-2-4-14(13)16-21(19,20)12-7-11(9-18)17(8-12)10-5-6-10/h1-4,7-8,10,16,18H,5-6,9H2. The van der Waals surface area contributed by atoms with Crippen molar-refractivity contribution in [3.05, 3.63) is 45.8 Å². The molecule has 0 amide bonds. The third-order valence-corrected chi connectivity index (χ3v) is 5.71. The summed E-state index contributed by atoms with van der Waals surface area (Å²) in [6.07, 6.45) is 3.68. The number of hydrogen-bond donors (Lipinski definition) is 2. The Labute approximate surface area is 137 Å². The summed E-state index contributed by atoms with van der Waals surface area (Å²) in [7, 11) is -3.64. The number of anilines is 1. The Kier molecular flexibility index (Phi) is 3.98. The summed E-state index contributed by atoms with van der Waals surface area (Å²) < 4.78 is 30.2. The molecular weight excluding hydrogens is 403 g/mol. The summed E-state index contributed by atoms with van der Waals surface area (Å²) in [5, 5.41) is 9.37. The number of hydrogen-bond acceptors (Lipinski definition) is 3. The molecule has 0 unspecified atom stereocenters. The number of halogens is 1. The molecule has 1 fully saturated rings. The molecule has 0 saturated heterocycles. The second-order valence-electron chi connectivity index (χ2n) is 5.05. The quantitative estimate of drug-likeness (QED) is 0.734. The Balaban J connectivity index is 1.93. The van der Waals surface area contributed by atoms with Gasteiger partial charge in [-0.1, -0.05) is 12.1 Å². The van der Waals surface area contributed by atoms with Crippen molar-refractivity contribution in [3.8, 4) is 0 Å². The van der Waals surface area contributed by atoms with Gasteiger partial charge in [0, 0.05) is 21.5 Å². The van der Waals surface area contributed by atoms with E-state index in [1.807, 2.05) is 16.7 Å². The topological polar surface area (TPSA) is 71.3 Å². The number of nitrogens with one attached hydrogen (secondary N) is 1. The first-order valence-corrected chi connectivity index (χ1v) is 9.16. The predicted octanol–water partition coefficient (Wildman–Crippen LogP) is 2.72. The van der Waals surface area contributed by atoms with Crippen molar-refractivity contribution >= 4 is 38.3 Å². The van der Waals surface area contributed by atoms with E-state index in [9.17, 15) is 13.5 Å². The van der Waals surface area contributed by atoms with E-state index >= 15 is 0 Å². The summed E-state index contributed by atoms with van der Waals surface area (Å²) >= 11 is 2.09. The molecule has 2 N–H and O–H groups in total. The Morgan fingerprint density at radius 3 is 2.67 bits per heavy atom. The van der Waals surface area contributed by atoms with Crippen molar-refractivity contribution in [3.63, 3.8) is 0 Å². The lowest BCUT2D eigenvalue weighted by Gasteiger charge is -2.08. The van der Waals surface area contributed by atoms with Gasteiger partial charge in [-0.2, -0.15) is 0 Å². The Hall–Kier alpha value is -1.06. The summed E-state index contributed by atoms with van der Waals surface area (Å²) in [5.41, 5.74) is 1.20. The molecule has 0 spiro atoms. The van der Waals surface area contributed by atoms with E-state index in [0.717, 1.165) is 16.4 Å². The summed E-state index contributed by atoms with van der Waals surface area (Å²) in [5.74, 6) is 0. The number of aliphatic hydroxyl groups is 1. The zero-order valence-electron chi connectivity index (χ0n) is 11.2. The largest absolute Gasteiger partial charge is 0.390 e. The van der Waals surface area contributed by atoms with Gasteiger partial charge in [0.2, 0.25) is 0 Å². The van der Waals surface area contributed by atoms with E-state index in [0.29, 0.717) is 17.4 Å². The molecule has 112 valence electrons. The molecule has 21 heavy (non-hydrogen) atoms. The number of sulfonamides is 1. The SMILES string of the molecule is O=S(=O)(Nc1ccccc1I)c1cc(CO)n(C2CC2)c1. The number of para-hydroxylation sites is 1. The summed E-state index contributed by atoms with van der Waals surface area (Å²) in [6.45, 7) is -0.158. The second-order valence-corrected chi connectivity index (χ2v) is 7.89. The minimum atomic E-state index is -3.64. The van der Waals surface area contributed by atoms with Crippen LogP contribution < -0.4 is 4.72 Å². The minimum absolute atomic E-state index is 0.158. The molecule has 1 aromatic carbocycles. The lowest BCUT2D eigenvalue weighted by Crippen LogP contribution is -2.13. The van der Waals surface area contributed by atoms with E-state index in [1.165, 1.54) is 6.07 Å². The molecular formula is C14H15IN2O3S. The van der Waals surface area contributed by atoms with Crippen LogP contribution in [-0.2, 0) is 16.6 Å². The zero-order valence-corrected chi connectivity index (χ0v) is 14.1. The molecule has 1 aromatic heterocycles. The van der Waals surface area contributed by atoms with E-state index in [-0.39, 0.29) is 11.5 Å². The maximum atomic E-state index is 12.5. The highest BCUT2D eigenvalue weighted by molar-refractivity contribution is 14.1. The third-order valence-electron chi connectivity index (χ3n) is 3.44. The van der Waals surface area contributed by atoms with Crippen LogP contribution in [0.25, 0.3) is 0 Å². The van der Waals surface area contributed by atoms with Crippen LogP contribution in [0.3, 0.4) is 0 Å². The van der Waals surface area contributed by atoms with Crippen molar-refractivity contribution < 1.29 is 13.5 Å². The number of nitrogens with zero attached hydrogens (tertiary/aromatic N) is 1. The molecule has 1 aliphatic carbocycles. The van der Waals surface area contributed by atoms with Gasteiger partial charge in [0.05, 0.1) is 12.3 Å². The van der Waals surface area contributed by atoms with Crippen molar-refractivity contribution in [1.82, 2.24) is 4.57 Å². The van der Waals surface area contributed by atoms with Crippen molar-refractivity contribution in [2.45, 2.75) is 30.4 Å². The van der Waals surface area contributed by atoms with Gasteiger partial charge in [-0.15, -0.1) is 0 Å². The van der Waals surface area contributed by atoms with Gasteiger partial charge >= 0.3 is 0 Å². The molecule has 1 heterocycles. The molecule has 7 heteroatoms. The zero-order chi connectivity index (χ0) is 15.0. The van der Waals surface area contributed by atoms with E-state index < -0.39 is 10.0 Å². The number of aliphatic hydroxyl groups excluding tert-OH is 1. The second kappa shape index (κ2) is 5.62. The van der Waals surface area contributed by atoms with Gasteiger partial charge < -0.3 is 9.67 Å². The van der Waals surface area contributed by atoms with Crippen LogP contribution in [-0.4, -0.2) is 18.1 Å². The van der Waals surface area contributed by atoms with Crippen LogP contribution in [0.15, 0.2) is 41.4 Å². The lowest BCUT2D eigenvalue weighted by atomic mass is 10.3. The first kappa shape index (κ1) is 14.9. The highest BCUT2D eigenvalue weighted by atomic mass is 127. The van der Waals surface area contributed by atoms with Gasteiger partial charge in [-0.05, 0) is 53.6 Å². The fourth-order valence-corrected chi connectivity index (χ4v) is 4.04. The molecule has 2 aromatic rings. The summed E-state index contributed by atoms with van der Waals surface area (Å²) in [6, 6.07) is 9.07. The monoisotopic (exact) mass is 418 g/mol. The Morgan fingerprint density at radius 2 is 2.05 bits per heavy atom. The van der Waals surface area contributed by atoms with Crippen molar-refractivity contribution in [2.75, 3.05) is 4.72 Å². The van der Waals surface area contributed by atoms with Gasteiger partial charge in [0.25, 0.3) is 10.0 Å². The molecule has 1 saturated carbocycles. The molecule has 1 aliphatic rings. The average molecular weight is 418 g/mol. The maximum absolute atomic E-state index is 12.5. The lowest BCUT2D eigenvalue weighted by molar-refractivity contribution is 0.270. The Bertz CT molecular complexity index is 766. The fraction of sp³-hybridized carbons (Fsp3) is 0.286. The normalized spacial score (nSPS) is 15.1. The minimum Gasteiger partial charge on any atom is -0.390 e. The highest BCUT2D eigenvalue weighted by Crippen LogP contribution is 2.37. The molecule has 5 nitrogen and oxygen atoms in total. The van der Waals surface area contributed by atoms with E-state index in [2.05, 4.69) is 27.3 Å². The molecule has 0 bridgehead atoms. The van der Waals surface area contributed by atoms with E-state index in [1.54, 1.807) is 18.3 Å². The first-order chi connectivity index (χ1) is 10.0. The van der Waals surface area contributed by atoms with E-state index in [4.69, 9.17) is 0 Å². The average Bonchev–Trinajstić information content (AvgIpc) is 3.19. The van der Waals surface area contributed by atoms with Gasteiger partial charge in [0.15, 0.2) is 0 Å². The van der Waals surface area contributed by atoms with Crippen molar-refractivity contribution in [1.29, 1.82) is 0 Å². The van der Waals surface area contributed by atoms with Gasteiger partial charge in [0.1, 0.15) is 4.90 Å². The first-order valence-electron chi connectivity index (χ1n) is 6.60. The fourth-order valence-electron chi connectivity index (χ4n) is 2.21. The third kappa shape index (κ3) is 3.09. The maximum Gasteiger partial charge on any atom is 0.263 e. The van der Waals surface area contributed by atoms with Crippen LogP contribution in [0.1, 0.15) is 24.6 Å².